The fourth-order valence-corrected chi connectivity index (χ4v) is 2.79. The van der Waals surface area contributed by atoms with Crippen molar-refractivity contribution < 1.29 is 23.7 Å². The molecule has 0 radical (unpaired) electrons. The Morgan fingerprint density at radius 3 is 1.81 bits per heavy atom. The first kappa shape index (κ1) is 19.7. The zero-order chi connectivity index (χ0) is 19.1. The van der Waals surface area contributed by atoms with Crippen LogP contribution in [0.1, 0.15) is 24.1 Å². The molecule has 26 heavy (non-hydrogen) atoms. The van der Waals surface area contributed by atoms with Crippen LogP contribution in [0.15, 0.2) is 30.3 Å². The summed E-state index contributed by atoms with van der Waals surface area (Å²) in [6.07, 6.45) is 0. The van der Waals surface area contributed by atoms with Gasteiger partial charge in [0.05, 0.1) is 41.1 Å². The topological polar surface area (TPSA) is 58.2 Å². The molecule has 6 nitrogen and oxygen atoms in total. The number of rotatable bonds is 9. The molecule has 142 valence electrons. The summed E-state index contributed by atoms with van der Waals surface area (Å²) in [5.41, 5.74) is 1.93. The van der Waals surface area contributed by atoms with E-state index in [1.165, 1.54) is 0 Å². The molecule has 0 unspecified atom stereocenters. The molecular weight excluding hydrogens is 334 g/mol. The maximum atomic E-state index is 5.51. The quantitative estimate of drug-likeness (QED) is 0.737. The van der Waals surface area contributed by atoms with Gasteiger partial charge in [0.15, 0.2) is 0 Å². The van der Waals surface area contributed by atoms with Crippen LogP contribution in [0.5, 0.6) is 28.7 Å². The second kappa shape index (κ2) is 9.20. The van der Waals surface area contributed by atoms with Gasteiger partial charge in [-0.15, -0.1) is 0 Å². The van der Waals surface area contributed by atoms with Gasteiger partial charge in [-0.05, 0) is 25.1 Å². The van der Waals surface area contributed by atoms with Crippen molar-refractivity contribution in [2.24, 2.45) is 0 Å². The van der Waals surface area contributed by atoms with Crippen LogP contribution in [0.2, 0.25) is 0 Å². The minimum Gasteiger partial charge on any atom is -0.497 e. The van der Waals surface area contributed by atoms with E-state index in [2.05, 4.69) is 12.2 Å². The molecule has 0 aliphatic carbocycles. The van der Waals surface area contributed by atoms with Crippen LogP contribution in [0.4, 0.5) is 0 Å². The second-order valence-electron chi connectivity index (χ2n) is 5.72. The van der Waals surface area contributed by atoms with E-state index in [0.717, 1.165) is 22.6 Å². The number of hydrogen-bond acceptors (Lipinski definition) is 6. The highest BCUT2D eigenvalue weighted by Gasteiger charge is 2.17. The van der Waals surface area contributed by atoms with E-state index in [1.807, 2.05) is 30.3 Å². The van der Waals surface area contributed by atoms with Crippen molar-refractivity contribution >= 4 is 0 Å². The number of methoxy groups -OCH3 is 5. The number of benzene rings is 2. The molecule has 0 aromatic heterocycles. The Kier molecular flexibility index (Phi) is 6.97. The lowest BCUT2D eigenvalue weighted by Gasteiger charge is -2.20. The van der Waals surface area contributed by atoms with Crippen LogP contribution in [0, 0.1) is 0 Å². The molecule has 0 aliphatic rings. The zero-order valence-electron chi connectivity index (χ0n) is 16.2. The number of hydrogen-bond donors (Lipinski definition) is 1. The molecule has 1 N–H and O–H groups in total. The highest BCUT2D eigenvalue weighted by Crippen LogP contribution is 2.35. The molecule has 2 rings (SSSR count). The van der Waals surface area contributed by atoms with E-state index < -0.39 is 0 Å². The van der Waals surface area contributed by atoms with Crippen LogP contribution < -0.4 is 29.0 Å². The molecule has 0 bridgehead atoms. The SMILES string of the molecule is COc1cc(OC)c(CN[C@@H](C)c2cc(OC)ccc2OC)c(OC)c1. The molecule has 6 heteroatoms. The van der Waals surface area contributed by atoms with Crippen LogP contribution in [-0.2, 0) is 6.54 Å². The van der Waals surface area contributed by atoms with Gasteiger partial charge in [-0.3, -0.25) is 0 Å². The lowest BCUT2D eigenvalue weighted by Crippen LogP contribution is -2.19. The first-order chi connectivity index (χ1) is 12.6. The molecule has 1 atom stereocenters. The van der Waals surface area contributed by atoms with E-state index in [9.17, 15) is 0 Å². The number of ether oxygens (including phenoxy) is 5. The Morgan fingerprint density at radius 2 is 1.31 bits per heavy atom. The van der Waals surface area contributed by atoms with Crippen molar-refractivity contribution in [3.63, 3.8) is 0 Å². The van der Waals surface area contributed by atoms with Gasteiger partial charge in [0.1, 0.15) is 28.7 Å². The average molecular weight is 361 g/mol. The van der Waals surface area contributed by atoms with Gasteiger partial charge >= 0.3 is 0 Å². The standard InChI is InChI=1S/C20H27NO5/c1-13(16-9-14(22-2)7-8-18(16)24-4)21-12-17-19(25-5)10-15(23-3)11-20(17)26-6/h7-11,13,21H,12H2,1-6H3/t13-/m0/s1. The minimum atomic E-state index is 0.0246. The van der Waals surface area contributed by atoms with Crippen LogP contribution in [0.25, 0.3) is 0 Å². The van der Waals surface area contributed by atoms with E-state index in [0.29, 0.717) is 23.8 Å². The Balaban J connectivity index is 2.26. The molecule has 0 heterocycles. The summed E-state index contributed by atoms with van der Waals surface area (Å²) in [6.45, 7) is 2.62. The highest BCUT2D eigenvalue weighted by atomic mass is 16.5. The summed E-state index contributed by atoms with van der Waals surface area (Å²) in [4.78, 5) is 0. The van der Waals surface area contributed by atoms with Crippen LogP contribution >= 0.6 is 0 Å². The van der Waals surface area contributed by atoms with Crippen molar-refractivity contribution in [3.8, 4) is 28.7 Å². The van der Waals surface area contributed by atoms with E-state index in [4.69, 9.17) is 23.7 Å². The first-order valence-electron chi connectivity index (χ1n) is 8.32. The van der Waals surface area contributed by atoms with Crippen molar-refractivity contribution in [1.29, 1.82) is 0 Å². The lowest BCUT2D eigenvalue weighted by molar-refractivity contribution is 0.363. The molecular formula is C20H27NO5. The maximum Gasteiger partial charge on any atom is 0.130 e. The Hall–Kier alpha value is -2.60. The van der Waals surface area contributed by atoms with Crippen molar-refractivity contribution in [1.82, 2.24) is 5.32 Å². The van der Waals surface area contributed by atoms with Crippen molar-refractivity contribution in [3.05, 3.63) is 41.5 Å². The summed E-state index contributed by atoms with van der Waals surface area (Å²) in [6, 6.07) is 9.47. The third-order valence-electron chi connectivity index (χ3n) is 4.31. The van der Waals surface area contributed by atoms with Crippen molar-refractivity contribution in [2.45, 2.75) is 19.5 Å². The van der Waals surface area contributed by atoms with Gasteiger partial charge in [0.25, 0.3) is 0 Å². The molecule has 2 aromatic rings. The summed E-state index contributed by atoms with van der Waals surface area (Å²) in [5, 5.41) is 3.49. The van der Waals surface area contributed by atoms with Gasteiger partial charge in [-0.25, -0.2) is 0 Å². The van der Waals surface area contributed by atoms with Crippen LogP contribution in [0.3, 0.4) is 0 Å². The molecule has 0 saturated heterocycles. The normalized spacial score (nSPS) is 11.6. The average Bonchev–Trinajstić information content (AvgIpc) is 2.70. The number of nitrogens with one attached hydrogen (secondary N) is 1. The third kappa shape index (κ3) is 4.32. The smallest absolute Gasteiger partial charge is 0.130 e. The Morgan fingerprint density at radius 1 is 0.731 bits per heavy atom. The molecule has 0 spiro atoms. The molecule has 2 aromatic carbocycles. The Bertz CT molecular complexity index is 707. The van der Waals surface area contributed by atoms with E-state index in [-0.39, 0.29) is 6.04 Å². The van der Waals surface area contributed by atoms with Gasteiger partial charge in [0, 0.05) is 30.3 Å². The fourth-order valence-electron chi connectivity index (χ4n) is 2.79. The lowest BCUT2D eigenvalue weighted by atomic mass is 10.1. The van der Waals surface area contributed by atoms with E-state index >= 15 is 0 Å². The monoisotopic (exact) mass is 361 g/mol. The largest absolute Gasteiger partial charge is 0.497 e. The molecule has 0 amide bonds. The van der Waals surface area contributed by atoms with E-state index in [1.54, 1.807) is 35.5 Å². The molecule has 0 fully saturated rings. The maximum absolute atomic E-state index is 5.51. The zero-order valence-corrected chi connectivity index (χ0v) is 16.2. The summed E-state index contributed by atoms with van der Waals surface area (Å²) >= 11 is 0. The van der Waals surface area contributed by atoms with Crippen molar-refractivity contribution in [2.75, 3.05) is 35.5 Å². The Labute approximate surface area is 155 Å². The third-order valence-corrected chi connectivity index (χ3v) is 4.31. The predicted octanol–water partition coefficient (Wildman–Crippen LogP) is 3.58. The van der Waals surface area contributed by atoms with Gasteiger partial charge in [-0.1, -0.05) is 0 Å². The predicted molar refractivity (Wildman–Crippen MR) is 101 cm³/mol. The molecule has 0 saturated carbocycles. The van der Waals surface area contributed by atoms with Gasteiger partial charge in [-0.2, -0.15) is 0 Å². The summed E-state index contributed by atoms with van der Waals surface area (Å²) in [7, 11) is 8.19. The first-order valence-corrected chi connectivity index (χ1v) is 8.32. The van der Waals surface area contributed by atoms with Gasteiger partial charge in [0.2, 0.25) is 0 Å². The summed E-state index contributed by atoms with van der Waals surface area (Å²) in [5.74, 6) is 3.69. The second-order valence-corrected chi connectivity index (χ2v) is 5.72. The van der Waals surface area contributed by atoms with Crippen LogP contribution in [-0.4, -0.2) is 35.5 Å². The highest BCUT2D eigenvalue weighted by molar-refractivity contribution is 5.51. The molecule has 0 aliphatic heterocycles. The fraction of sp³-hybridized carbons (Fsp3) is 0.400. The van der Waals surface area contributed by atoms with Gasteiger partial charge < -0.3 is 29.0 Å². The summed E-state index contributed by atoms with van der Waals surface area (Å²) < 4.78 is 27.1. The minimum absolute atomic E-state index is 0.0246.